The summed E-state index contributed by atoms with van der Waals surface area (Å²) in [5.41, 5.74) is 3.22. The molecule has 9 heteroatoms. The van der Waals surface area contributed by atoms with Crippen molar-refractivity contribution < 1.29 is 13.2 Å². The van der Waals surface area contributed by atoms with Gasteiger partial charge < -0.3 is 10.1 Å². The first-order valence-electron chi connectivity index (χ1n) is 9.25. The average molecular weight is 423 g/mol. The molecule has 0 bridgehead atoms. The second kappa shape index (κ2) is 7.75. The Hall–Kier alpha value is -3.46. The van der Waals surface area contributed by atoms with Crippen LogP contribution in [0.4, 0.5) is 5.82 Å². The molecule has 0 atom stereocenters. The van der Waals surface area contributed by atoms with Crippen molar-refractivity contribution >= 4 is 26.7 Å². The van der Waals surface area contributed by atoms with Crippen LogP contribution < -0.4 is 10.1 Å². The number of aryl methyl sites for hydroxylation is 1. The SMILES string of the molecule is COc1ccccc1CNc1nc(S(C)(=O)=O)nc2c1cnn2-c1ccc(C)cc1. The molecule has 0 amide bonds. The van der Waals surface area contributed by atoms with Gasteiger partial charge in [-0.1, -0.05) is 35.9 Å². The highest BCUT2D eigenvalue weighted by molar-refractivity contribution is 7.90. The van der Waals surface area contributed by atoms with Crippen LogP contribution in [0.25, 0.3) is 16.7 Å². The number of fused-ring (bicyclic) bond motifs is 1. The Morgan fingerprint density at radius 2 is 1.80 bits per heavy atom. The van der Waals surface area contributed by atoms with Gasteiger partial charge in [0, 0.05) is 18.4 Å². The van der Waals surface area contributed by atoms with Crippen LogP contribution >= 0.6 is 0 Å². The van der Waals surface area contributed by atoms with Gasteiger partial charge in [0.05, 0.1) is 24.4 Å². The molecule has 8 nitrogen and oxygen atoms in total. The number of para-hydroxylation sites is 1. The van der Waals surface area contributed by atoms with Gasteiger partial charge in [0.15, 0.2) is 5.65 Å². The minimum absolute atomic E-state index is 0.258. The van der Waals surface area contributed by atoms with Crippen LogP contribution in [0.2, 0.25) is 0 Å². The Kier molecular flexibility index (Phi) is 5.13. The van der Waals surface area contributed by atoms with Crippen LogP contribution in [-0.4, -0.2) is 41.5 Å². The summed E-state index contributed by atoms with van der Waals surface area (Å²) in [5.74, 6) is 1.12. The Labute approximate surface area is 174 Å². The highest BCUT2D eigenvalue weighted by Crippen LogP contribution is 2.26. The Balaban J connectivity index is 1.81. The highest BCUT2D eigenvalue weighted by Gasteiger charge is 2.19. The second-order valence-corrected chi connectivity index (χ2v) is 8.83. The topological polar surface area (TPSA) is 99.0 Å². The fourth-order valence-electron chi connectivity index (χ4n) is 3.09. The molecule has 4 rings (SSSR count). The number of ether oxygens (including phenoxy) is 1. The zero-order valence-corrected chi connectivity index (χ0v) is 17.6. The minimum atomic E-state index is -3.62. The molecular weight excluding hydrogens is 402 g/mol. The van der Waals surface area contributed by atoms with Crippen molar-refractivity contribution in [3.63, 3.8) is 0 Å². The van der Waals surface area contributed by atoms with Gasteiger partial charge >= 0.3 is 0 Å². The van der Waals surface area contributed by atoms with Crippen LogP contribution in [-0.2, 0) is 16.4 Å². The molecule has 0 radical (unpaired) electrons. The van der Waals surface area contributed by atoms with E-state index in [1.54, 1.807) is 18.0 Å². The first-order valence-corrected chi connectivity index (χ1v) is 11.1. The first kappa shape index (κ1) is 19.8. The summed E-state index contributed by atoms with van der Waals surface area (Å²) in [5, 5.41) is 8.00. The first-order chi connectivity index (χ1) is 14.4. The van der Waals surface area contributed by atoms with Gasteiger partial charge in [-0.15, -0.1) is 0 Å². The molecule has 0 aliphatic rings. The summed E-state index contributed by atoms with van der Waals surface area (Å²) in [6.45, 7) is 2.39. The summed E-state index contributed by atoms with van der Waals surface area (Å²) in [4.78, 5) is 8.55. The number of aromatic nitrogens is 4. The summed E-state index contributed by atoms with van der Waals surface area (Å²) < 4.78 is 31.4. The lowest BCUT2D eigenvalue weighted by molar-refractivity contribution is 0.410. The third-order valence-corrected chi connectivity index (χ3v) is 5.50. The zero-order valence-electron chi connectivity index (χ0n) is 16.8. The summed E-state index contributed by atoms with van der Waals surface area (Å²) in [7, 11) is -2.02. The molecule has 0 saturated carbocycles. The Bertz CT molecular complexity index is 1310. The lowest BCUT2D eigenvalue weighted by Gasteiger charge is -2.11. The van der Waals surface area contributed by atoms with Gasteiger partial charge in [-0.2, -0.15) is 10.1 Å². The third kappa shape index (κ3) is 3.84. The van der Waals surface area contributed by atoms with Gasteiger partial charge in [-0.05, 0) is 25.1 Å². The van der Waals surface area contributed by atoms with Crippen molar-refractivity contribution in [2.45, 2.75) is 18.6 Å². The fraction of sp³-hybridized carbons (Fsp3) is 0.190. The molecule has 154 valence electrons. The van der Waals surface area contributed by atoms with Gasteiger partial charge in [-0.3, -0.25) is 0 Å². The van der Waals surface area contributed by atoms with E-state index in [0.717, 1.165) is 28.8 Å². The fourth-order valence-corrected chi connectivity index (χ4v) is 3.60. The van der Waals surface area contributed by atoms with E-state index in [2.05, 4.69) is 20.4 Å². The van der Waals surface area contributed by atoms with Gasteiger partial charge in [0.25, 0.3) is 5.16 Å². The second-order valence-electron chi connectivity index (χ2n) is 6.92. The average Bonchev–Trinajstić information content (AvgIpc) is 3.16. The lowest BCUT2D eigenvalue weighted by atomic mass is 10.2. The maximum absolute atomic E-state index is 12.2. The predicted octanol–water partition coefficient (Wildman–Crippen LogP) is 3.15. The molecule has 0 aliphatic carbocycles. The van der Waals surface area contributed by atoms with Crippen molar-refractivity contribution in [3.05, 3.63) is 65.9 Å². The van der Waals surface area contributed by atoms with E-state index in [-0.39, 0.29) is 5.16 Å². The number of rotatable bonds is 6. The van der Waals surface area contributed by atoms with Crippen molar-refractivity contribution in [2.75, 3.05) is 18.7 Å². The molecule has 0 saturated heterocycles. The standard InChI is InChI=1S/C21H21N5O3S/c1-14-8-10-16(11-9-14)26-20-17(13-23-26)19(24-21(25-20)30(3,27)28)22-12-15-6-4-5-7-18(15)29-2/h4-11,13H,12H2,1-3H3,(H,22,24,25). The van der Waals surface area contributed by atoms with Crippen LogP contribution in [0.15, 0.2) is 59.9 Å². The summed E-state index contributed by atoms with van der Waals surface area (Å²) in [6.07, 6.45) is 2.72. The maximum Gasteiger partial charge on any atom is 0.250 e. The van der Waals surface area contributed by atoms with E-state index >= 15 is 0 Å². The van der Waals surface area contributed by atoms with Crippen LogP contribution in [0, 0.1) is 6.92 Å². The smallest absolute Gasteiger partial charge is 0.250 e. The number of hydrogen-bond donors (Lipinski definition) is 1. The van der Waals surface area contributed by atoms with Gasteiger partial charge in [0.2, 0.25) is 9.84 Å². The Morgan fingerprint density at radius 1 is 1.07 bits per heavy atom. The molecule has 2 aromatic heterocycles. The summed E-state index contributed by atoms with van der Waals surface area (Å²) in [6, 6.07) is 15.3. The number of nitrogens with one attached hydrogen (secondary N) is 1. The van der Waals surface area contributed by atoms with E-state index in [4.69, 9.17) is 4.74 Å². The normalized spacial score (nSPS) is 11.6. The molecule has 2 heterocycles. The van der Waals surface area contributed by atoms with Crippen molar-refractivity contribution in [2.24, 2.45) is 0 Å². The van der Waals surface area contributed by atoms with E-state index in [1.807, 2.05) is 55.5 Å². The quantitative estimate of drug-likeness (QED) is 0.476. The highest BCUT2D eigenvalue weighted by atomic mass is 32.2. The molecule has 0 unspecified atom stereocenters. The van der Waals surface area contributed by atoms with Crippen LogP contribution in [0.5, 0.6) is 5.75 Å². The number of benzene rings is 2. The molecule has 0 spiro atoms. The lowest BCUT2D eigenvalue weighted by Crippen LogP contribution is -2.10. The number of anilines is 1. The molecular formula is C21H21N5O3S. The summed E-state index contributed by atoms with van der Waals surface area (Å²) >= 11 is 0. The van der Waals surface area contributed by atoms with Gasteiger partial charge in [0.1, 0.15) is 11.6 Å². The van der Waals surface area contributed by atoms with Crippen molar-refractivity contribution in [1.82, 2.24) is 19.7 Å². The molecule has 1 N–H and O–H groups in total. The molecule has 4 aromatic rings. The predicted molar refractivity (Wildman–Crippen MR) is 115 cm³/mol. The van der Waals surface area contributed by atoms with E-state index in [0.29, 0.717) is 23.4 Å². The van der Waals surface area contributed by atoms with Crippen molar-refractivity contribution in [1.29, 1.82) is 0 Å². The van der Waals surface area contributed by atoms with Crippen LogP contribution in [0.3, 0.4) is 0 Å². The third-order valence-electron chi connectivity index (χ3n) is 4.66. The Morgan fingerprint density at radius 3 is 2.50 bits per heavy atom. The molecule has 0 aliphatic heterocycles. The number of nitrogens with zero attached hydrogens (tertiary/aromatic N) is 4. The molecule has 2 aromatic carbocycles. The number of hydrogen-bond acceptors (Lipinski definition) is 7. The van der Waals surface area contributed by atoms with E-state index < -0.39 is 9.84 Å². The number of sulfone groups is 1. The van der Waals surface area contributed by atoms with E-state index in [1.165, 1.54) is 0 Å². The molecule has 30 heavy (non-hydrogen) atoms. The number of methoxy groups -OCH3 is 1. The maximum atomic E-state index is 12.2. The zero-order chi connectivity index (χ0) is 21.3. The minimum Gasteiger partial charge on any atom is -0.496 e. The van der Waals surface area contributed by atoms with Crippen molar-refractivity contribution in [3.8, 4) is 11.4 Å². The largest absolute Gasteiger partial charge is 0.496 e. The molecule has 0 fully saturated rings. The van der Waals surface area contributed by atoms with Crippen LogP contribution in [0.1, 0.15) is 11.1 Å². The van der Waals surface area contributed by atoms with E-state index in [9.17, 15) is 8.42 Å². The van der Waals surface area contributed by atoms with Gasteiger partial charge in [-0.25, -0.2) is 18.1 Å². The monoisotopic (exact) mass is 423 g/mol.